The largest absolute Gasteiger partial charge is 0.496 e. The van der Waals surface area contributed by atoms with Crippen molar-refractivity contribution in [2.75, 3.05) is 27.2 Å². The summed E-state index contributed by atoms with van der Waals surface area (Å²) in [6, 6.07) is 10.7. The number of carbonyl (C=O) groups excluding carboxylic acids is 1. The lowest BCUT2D eigenvalue weighted by molar-refractivity contribution is -0.135. The van der Waals surface area contributed by atoms with Crippen LogP contribution in [0, 0.1) is 19.8 Å². The van der Waals surface area contributed by atoms with Gasteiger partial charge in [0.2, 0.25) is 15.9 Å². The molecule has 2 aromatic rings. The lowest BCUT2D eigenvalue weighted by Gasteiger charge is -2.33. The first-order chi connectivity index (χ1) is 14.6. The second-order valence-corrected chi connectivity index (χ2v) is 10.4. The summed E-state index contributed by atoms with van der Waals surface area (Å²) >= 11 is 6.09. The summed E-state index contributed by atoms with van der Waals surface area (Å²) in [5.74, 6) is 0.477. The van der Waals surface area contributed by atoms with Crippen LogP contribution in [-0.2, 0) is 21.4 Å². The van der Waals surface area contributed by atoms with Gasteiger partial charge in [-0.3, -0.25) is 4.79 Å². The van der Waals surface area contributed by atoms with Crippen molar-refractivity contribution in [1.29, 1.82) is 0 Å². The van der Waals surface area contributed by atoms with Gasteiger partial charge >= 0.3 is 0 Å². The number of piperidine rings is 1. The number of aryl methyl sites for hydroxylation is 2. The molecule has 0 aromatic heterocycles. The Hall–Kier alpha value is -2.09. The Balaban J connectivity index is 1.65. The smallest absolute Gasteiger partial charge is 0.243 e. The van der Waals surface area contributed by atoms with E-state index in [1.165, 1.54) is 4.31 Å². The van der Waals surface area contributed by atoms with Crippen molar-refractivity contribution in [3.63, 3.8) is 0 Å². The highest BCUT2D eigenvalue weighted by atomic mass is 35.5. The number of halogens is 1. The van der Waals surface area contributed by atoms with E-state index in [1.54, 1.807) is 43.3 Å². The summed E-state index contributed by atoms with van der Waals surface area (Å²) < 4.78 is 33.0. The van der Waals surface area contributed by atoms with E-state index in [-0.39, 0.29) is 11.8 Å². The third kappa shape index (κ3) is 5.22. The number of benzene rings is 2. The average molecular weight is 465 g/mol. The maximum atomic E-state index is 13.1. The Bertz CT molecular complexity index is 1060. The number of nitrogens with zero attached hydrogens (tertiary/aromatic N) is 2. The molecule has 0 unspecified atom stereocenters. The Morgan fingerprint density at radius 3 is 2.45 bits per heavy atom. The normalized spacial score (nSPS) is 15.6. The minimum absolute atomic E-state index is 0.00518. The quantitative estimate of drug-likeness (QED) is 0.647. The Kier molecular flexibility index (Phi) is 7.29. The molecule has 0 saturated carbocycles. The third-order valence-electron chi connectivity index (χ3n) is 5.78. The summed E-state index contributed by atoms with van der Waals surface area (Å²) in [5.41, 5.74) is 2.61. The molecule has 2 aromatic carbocycles. The molecular weight excluding hydrogens is 436 g/mol. The molecule has 1 saturated heterocycles. The number of amides is 1. The van der Waals surface area contributed by atoms with Crippen molar-refractivity contribution in [3.05, 3.63) is 58.1 Å². The SMILES string of the molecule is COc1ccc(Cl)cc1CN(C)C(=O)C1CCN(S(=O)(=O)c2ccc(C)cc2C)CC1. The van der Waals surface area contributed by atoms with E-state index in [4.69, 9.17) is 16.3 Å². The second kappa shape index (κ2) is 9.59. The number of carbonyl (C=O) groups is 1. The third-order valence-corrected chi connectivity index (χ3v) is 8.07. The maximum Gasteiger partial charge on any atom is 0.243 e. The maximum absolute atomic E-state index is 13.1. The van der Waals surface area contributed by atoms with Gasteiger partial charge in [-0.15, -0.1) is 0 Å². The van der Waals surface area contributed by atoms with Crippen LogP contribution in [0.5, 0.6) is 5.75 Å². The molecule has 1 fully saturated rings. The standard InChI is InChI=1S/C23H29ClN2O4S/c1-16-5-8-22(17(2)13-16)31(28,29)26-11-9-18(10-12-26)23(27)25(3)15-19-14-20(24)6-7-21(19)30-4/h5-8,13-14,18H,9-12,15H2,1-4H3. The van der Waals surface area contributed by atoms with Crippen molar-refractivity contribution in [2.24, 2.45) is 5.92 Å². The highest BCUT2D eigenvalue weighted by Crippen LogP contribution is 2.28. The molecule has 0 radical (unpaired) electrons. The van der Waals surface area contributed by atoms with Crippen molar-refractivity contribution in [1.82, 2.24) is 9.21 Å². The molecule has 0 N–H and O–H groups in total. The number of ether oxygens (including phenoxy) is 1. The fourth-order valence-electron chi connectivity index (χ4n) is 4.09. The van der Waals surface area contributed by atoms with Crippen molar-refractivity contribution in [2.45, 2.75) is 38.1 Å². The molecule has 1 aliphatic rings. The van der Waals surface area contributed by atoms with Gasteiger partial charge in [0.1, 0.15) is 5.75 Å². The molecule has 0 bridgehead atoms. The second-order valence-electron chi connectivity index (χ2n) is 8.10. The molecule has 1 amide bonds. The number of sulfonamides is 1. The molecule has 168 valence electrons. The monoisotopic (exact) mass is 464 g/mol. The number of hydrogen-bond acceptors (Lipinski definition) is 4. The van der Waals surface area contributed by atoms with E-state index in [1.807, 2.05) is 26.0 Å². The van der Waals surface area contributed by atoms with E-state index in [0.717, 1.165) is 16.7 Å². The van der Waals surface area contributed by atoms with Gasteiger partial charge in [-0.1, -0.05) is 29.3 Å². The van der Waals surface area contributed by atoms with Crippen LogP contribution in [0.2, 0.25) is 5.02 Å². The van der Waals surface area contributed by atoms with Crippen LogP contribution < -0.4 is 4.74 Å². The van der Waals surface area contributed by atoms with E-state index in [9.17, 15) is 13.2 Å². The predicted molar refractivity (Wildman–Crippen MR) is 122 cm³/mol. The first-order valence-electron chi connectivity index (χ1n) is 10.3. The highest BCUT2D eigenvalue weighted by molar-refractivity contribution is 7.89. The van der Waals surface area contributed by atoms with Crippen LogP contribution in [0.1, 0.15) is 29.5 Å². The van der Waals surface area contributed by atoms with Gasteiger partial charge in [0.05, 0.1) is 12.0 Å². The summed E-state index contributed by atoms with van der Waals surface area (Å²) in [6.07, 6.45) is 1.000. The minimum atomic E-state index is -3.56. The Labute approximate surface area is 189 Å². The zero-order valence-electron chi connectivity index (χ0n) is 18.4. The lowest BCUT2D eigenvalue weighted by Crippen LogP contribution is -2.43. The number of rotatable bonds is 6. The van der Waals surface area contributed by atoms with Crippen LogP contribution in [0.15, 0.2) is 41.3 Å². The Morgan fingerprint density at radius 2 is 1.84 bits per heavy atom. The van der Waals surface area contributed by atoms with E-state index >= 15 is 0 Å². The molecule has 0 spiro atoms. The molecule has 1 aliphatic heterocycles. The van der Waals surface area contributed by atoms with Gasteiger partial charge in [0, 0.05) is 43.2 Å². The number of hydrogen-bond donors (Lipinski definition) is 0. The van der Waals surface area contributed by atoms with Crippen LogP contribution in [0.25, 0.3) is 0 Å². The molecule has 6 nitrogen and oxygen atoms in total. The topological polar surface area (TPSA) is 66.9 Å². The lowest BCUT2D eigenvalue weighted by atomic mass is 9.96. The van der Waals surface area contributed by atoms with E-state index < -0.39 is 10.0 Å². The summed E-state index contributed by atoms with van der Waals surface area (Å²) in [5, 5.41) is 0.585. The summed E-state index contributed by atoms with van der Waals surface area (Å²) in [6.45, 7) is 4.80. The zero-order chi connectivity index (χ0) is 22.8. The van der Waals surface area contributed by atoms with Crippen molar-refractivity contribution < 1.29 is 17.9 Å². The van der Waals surface area contributed by atoms with Crippen LogP contribution in [0.3, 0.4) is 0 Å². The zero-order valence-corrected chi connectivity index (χ0v) is 20.0. The van der Waals surface area contributed by atoms with Gasteiger partial charge in [-0.05, 0) is 56.5 Å². The van der Waals surface area contributed by atoms with Gasteiger partial charge in [0.15, 0.2) is 0 Å². The van der Waals surface area contributed by atoms with Crippen molar-refractivity contribution >= 4 is 27.5 Å². The molecule has 31 heavy (non-hydrogen) atoms. The molecule has 1 heterocycles. The van der Waals surface area contributed by atoms with Crippen LogP contribution >= 0.6 is 11.6 Å². The average Bonchev–Trinajstić information content (AvgIpc) is 2.73. The molecule has 0 atom stereocenters. The van der Waals surface area contributed by atoms with E-state index in [2.05, 4.69) is 0 Å². The van der Waals surface area contributed by atoms with Crippen molar-refractivity contribution in [3.8, 4) is 5.75 Å². The highest BCUT2D eigenvalue weighted by Gasteiger charge is 2.33. The van der Waals surface area contributed by atoms with Crippen LogP contribution in [0.4, 0.5) is 0 Å². The molecule has 8 heteroatoms. The first-order valence-corrected chi connectivity index (χ1v) is 12.1. The fraction of sp³-hybridized carbons (Fsp3) is 0.435. The molecular formula is C23H29ClN2O4S. The van der Waals surface area contributed by atoms with Gasteiger partial charge in [-0.25, -0.2) is 8.42 Å². The predicted octanol–water partition coefficient (Wildman–Crippen LogP) is 4.02. The van der Waals surface area contributed by atoms with Gasteiger partial charge in [-0.2, -0.15) is 4.31 Å². The summed E-state index contributed by atoms with van der Waals surface area (Å²) in [7, 11) is -0.229. The minimum Gasteiger partial charge on any atom is -0.496 e. The fourth-order valence-corrected chi connectivity index (χ4v) is 5.96. The number of methoxy groups -OCH3 is 1. The van der Waals surface area contributed by atoms with Crippen LogP contribution in [-0.4, -0.2) is 50.8 Å². The Morgan fingerprint density at radius 1 is 1.16 bits per heavy atom. The van der Waals surface area contributed by atoms with E-state index in [0.29, 0.717) is 48.1 Å². The first kappa shape index (κ1) is 23.6. The molecule has 0 aliphatic carbocycles. The van der Waals surface area contributed by atoms with Gasteiger partial charge in [0.25, 0.3) is 0 Å². The summed E-state index contributed by atoms with van der Waals surface area (Å²) in [4.78, 5) is 15.0. The van der Waals surface area contributed by atoms with Gasteiger partial charge < -0.3 is 9.64 Å². The molecule has 3 rings (SSSR count).